The molecule has 4 nitrogen and oxygen atoms in total. The van der Waals surface area contributed by atoms with Crippen LogP contribution >= 0.6 is 15.9 Å². The minimum atomic E-state index is 0.501. The van der Waals surface area contributed by atoms with Crippen LogP contribution in [0.4, 0.5) is 0 Å². The molecule has 102 valence electrons. The number of hydrogen-bond acceptors (Lipinski definition) is 4. The second-order valence-electron chi connectivity index (χ2n) is 3.71. The highest BCUT2D eigenvalue weighted by Gasteiger charge is 2.11. The number of halogens is 1. The summed E-state index contributed by atoms with van der Waals surface area (Å²) in [5, 5.41) is 3.12. The maximum atomic E-state index is 5.68. The summed E-state index contributed by atoms with van der Waals surface area (Å²) in [5.74, 6) is 1.49. The number of hydrogen-bond donors (Lipinski definition) is 1. The number of benzene rings is 1. The first kappa shape index (κ1) is 15.3. The Morgan fingerprint density at radius 3 is 2.61 bits per heavy atom. The van der Waals surface area contributed by atoms with Crippen molar-refractivity contribution in [1.82, 2.24) is 5.32 Å². The van der Waals surface area contributed by atoms with Crippen LogP contribution in [0.25, 0.3) is 0 Å². The quantitative estimate of drug-likeness (QED) is 0.748. The monoisotopic (exact) mass is 317 g/mol. The first-order chi connectivity index (χ1) is 8.72. The standard InChI is InChI=1S/C13H20BrNO3/c1-4-17-12-8-10(9-15-2)7-11(14)13(12)18-6-5-16-3/h7-8,15H,4-6,9H2,1-3H3. The van der Waals surface area contributed by atoms with Crippen molar-refractivity contribution in [3.63, 3.8) is 0 Å². The molecule has 0 aromatic heterocycles. The maximum absolute atomic E-state index is 5.68. The zero-order valence-corrected chi connectivity index (χ0v) is 12.7. The fraction of sp³-hybridized carbons (Fsp3) is 0.538. The molecule has 1 N–H and O–H groups in total. The molecule has 0 fully saturated rings. The van der Waals surface area contributed by atoms with Gasteiger partial charge in [0.2, 0.25) is 0 Å². The largest absolute Gasteiger partial charge is 0.490 e. The van der Waals surface area contributed by atoms with Gasteiger partial charge in [0.05, 0.1) is 17.7 Å². The van der Waals surface area contributed by atoms with Crippen LogP contribution in [0.2, 0.25) is 0 Å². The summed E-state index contributed by atoms with van der Waals surface area (Å²) in [6.07, 6.45) is 0. The van der Waals surface area contributed by atoms with Gasteiger partial charge < -0.3 is 19.5 Å². The van der Waals surface area contributed by atoms with E-state index < -0.39 is 0 Å². The lowest BCUT2D eigenvalue weighted by molar-refractivity contribution is 0.143. The second-order valence-corrected chi connectivity index (χ2v) is 4.56. The van der Waals surface area contributed by atoms with Crippen molar-refractivity contribution in [1.29, 1.82) is 0 Å². The zero-order chi connectivity index (χ0) is 13.4. The number of methoxy groups -OCH3 is 1. The highest BCUT2D eigenvalue weighted by atomic mass is 79.9. The first-order valence-electron chi connectivity index (χ1n) is 5.94. The minimum Gasteiger partial charge on any atom is -0.490 e. The van der Waals surface area contributed by atoms with E-state index in [4.69, 9.17) is 14.2 Å². The van der Waals surface area contributed by atoms with Crippen molar-refractivity contribution >= 4 is 15.9 Å². The van der Waals surface area contributed by atoms with Crippen molar-refractivity contribution in [3.05, 3.63) is 22.2 Å². The molecule has 1 rings (SSSR count). The summed E-state index contributed by atoms with van der Waals surface area (Å²) < 4.78 is 17.2. The predicted octanol–water partition coefficient (Wildman–Crippen LogP) is 2.59. The Morgan fingerprint density at radius 2 is 2.00 bits per heavy atom. The van der Waals surface area contributed by atoms with Gasteiger partial charge in [-0.1, -0.05) is 0 Å². The van der Waals surface area contributed by atoms with E-state index >= 15 is 0 Å². The van der Waals surface area contributed by atoms with E-state index in [1.807, 2.05) is 26.1 Å². The van der Waals surface area contributed by atoms with Gasteiger partial charge >= 0.3 is 0 Å². The third kappa shape index (κ3) is 4.48. The summed E-state index contributed by atoms with van der Waals surface area (Å²) in [6, 6.07) is 4.02. The molecular weight excluding hydrogens is 298 g/mol. The Hall–Kier alpha value is -0.780. The van der Waals surface area contributed by atoms with E-state index in [-0.39, 0.29) is 0 Å². The molecule has 18 heavy (non-hydrogen) atoms. The Kier molecular flexibility index (Phi) is 7.08. The van der Waals surface area contributed by atoms with Crippen LogP contribution in [0.1, 0.15) is 12.5 Å². The highest BCUT2D eigenvalue weighted by molar-refractivity contribution is 9.10. The summed E-state index contributed by atoms with van der Waals surface area (Å²) in [5.41, 5.74) is 1.15. The molecule has 0 heterocycles. The normalized spacial score (nSPS) is 10.4. The lowest BCUT2D eigenvalue weighted by Crippen LogP contribution is -2.09. The third-order valence-corrected chi connectivity index (χ3v) is 2.87. The van der Waals surface area contributed by atoms with Crippen LogP contribution in [-0.4, -0.2) is 34.0 Å². The maximum Gasteiger partial charge on any atom is 0.175 e. The van der Waals surface area contributed by atoms with Crippen LogP contribution in [-0.2, 0) is 11.3 Å². The number of nitrogens with one attached hydrogen (secondary N) is 1. The summed E-state index contributed by atoms with van der Waals surface area (Å²) in [7, 11) is 3.56. The van der Waals surface area contributed by atoms with Crippen molar-refractivity contribution in [2.24, 2.45) is 0 Å². The first-order valence-corrected chi connectivity index (χ1v) is 6.73. The predicted molar refractivity (Wildman–Crippen MR) is 75.4 cm³/mol. The molecule has 0 unspecified atom stereocenters. The van der Waals surface area contributed by atoms with Crippen molar-refractivity contribution in [2.45, 2.75) is 13.5 Å². The molecule has 1 aromatic carbocycles. The van der Waals surface area contributed by atoms with Gasteiger partial charge in [0.1, 0.15) is 6.61 Å². The molecule has 0 radical (unpaired) electrons. The molecular formula is C13H20BrNO3. The SMILES string of the molecule is CCOc1cc(CNC)cc(Br)c1OCCOC. The molecule has 0 aliphatic carbocycles. The van der Waals surface area contributed by atoms with Gasteiger partial charge in [-0.05, 0) is 47.6 Å². The zero-order valence-electron chi connectivity index (χ0n) is 11.1. The summed E-state index contributed by atoms with van der Waals surface area (Å²) in [6.45, 7) is 4.40. The van der Waals surface area contributed by atoms with Crippen molar-refractivity contribution < 1.29 is 14.2 Å². The highest BCUT2D eigenvalue weighted by Crippen LogP contribution is 2.36. The Balaban J connectivity index is 2.90. The summed E-state index contributed by atoms with van der Waals surface area (Å²) >= 11 is 3.52. The van der Waals surface area contributed by atoms with Gasteiger partial charge in [-0.3, -0.25) is 0 Å². The fourth-order valence-electron chi connectivity index (χ4n) is 1.56. The molecule has 0 atom stereocenters. The number of rotatable bonds is 8. The Labute approximate surface area is 117 Å². The molecule has 0 aliphatic heterocycles. The topological polar surface area (TPSA) is 39.7 Å². The molecule has 0 saturated carbocycles. The fourth-order valence-corrected chi connectivity index (χ4v) is 2.16. The van der Waals surface area contributed by atoms with Crippen molar-refractivity contribution in [2.75, 3.05) is 34.0 Å². The smallest absolute Gasteiger partial charge is 0.175 e. The average Bonchev–Trinajstić information content (AvgIpc) is 2.33. The Morgan fingerprint density at radius 1 is 1.22 bits per heavy atom. The van der Waals surface area contributed by atoms with Gasteiger partial charge in [-0.15, -0.1) is 0 Å². The second kappa shape index (κ2) is 8.34. The molecule has 0 bridgehead atoms. The molecule has 0 amide bonds. The lowest BCUT2D eigenvalue weighted by Gasteiger charge is -2.15. The van der Waals surface area contributed by atoms with Gasteiger partial charge in [0.25, 0.3) is 0 Å². The summed E-state index contributed by atoms with van der Waals surface area (Å²) in [4.78, 5) is 0. The van der Waals surface area contributed by atoms with Crippen LogP contribution < -0.4 is 14.8 Å². The lowest BCUT2D eigenvalue weighted by atomic mass is 10.2. The van der Waals surface area contributed by atoms with E-state index in [1.54, 1.807) is 7.11 Å². The molecule has 0 spiro atoms. The van der Waals surface area contributed by atoms with E-state index in [9.17, 15) is 0 Å². The number of ether oxygens (including phenoxy) is 3. The van der Waals surface area contributed by atoms with Crippen LogP contribution in [0.5, 0.6) is 11.5 Å². The van der Waals surface area contributed by atoms with E-state index in [0.717, 1.165) is 28.1 Å². The van der Waals surface area contributed by atoms with Crippen LogP contribution in [0.15, 0.2) is 16.6 Å². The van der Waals surface area contributed by atoms with E-state index in [0.29, 0.717) is 19.8 Å². The van der Waals surface area contributed by atoms with Gasteiger partial charge in [0.15, 0.2) is 11.5 Å². The molecule has 5 heteroatoms. The van der Waals surface area contributed by atoms with E-state index in [2.05, 4.69) is 21.2 Å². The van der Waals surface area contributed by atoms with E-state index in [1.165, 1.54) is 0 Å². The Bertz CT molecular complexity index is 371. The van der Waals surface area contributed by atoms with Crippen LogP contribution in [0.3, 0.4) is 0 Å². The van der Waals surface area contributed by atoms with Crippen LogP contribution in [0, 0.1) is 0 Å². The van der Waals surface area contributed by atoms with Gasteiger partial charge in [-0.25, -0.2) is 0 Å². The van der Waals surface area contributed by atoms with Crippen molar-refractivity contribution in [3.8, 4) is 11.5 Å². The van der Waals surface area contributed by atoms with Gasteiger partial charge in [0, 0.05) is 13.7 Å². The minimum absolute atomic E-state index is 0.501. The molecule has 1 aromatic rings. The third-order valence-electron chi connectivity index (χ3n) is 2.28. The van der Waals surface area contributed by atoms with Gasteiger partial charge in [-0.2, -0.15) is 0 Å². The molecule has 0 saturated heterocycles. The average molecular weight is 318 g/mol. The molecule has 0 aliphatic rings.